The Morgan fingerprint density at radius 1 is 1.00 bits per heavy atom. The summed E-state index contributed by atoms with van der Waals surface area (Å²) in [4.78, 5) is 52.8. The molecule has 0 amide bonds. The van der Waals surface area contributed by atoms with Gasteiger partial charge in [-0.05, 0) is 11.5 Å². The van der Waals surface area contributed by atoms with E-state index < -0.39 is 77.3 Å². The van der Waals surface area contributed by atoms with Crippen LogP contribution < -0.4 is 85.9 Å². The first-order valence-corrected chi connectivity index (χ1v) is 16.3. The molecule has 4 aromatic heterocycles. The van der Waals surface area contributed by atoms with Crippen molar-refractivity contribution in [2.24, 2.45) is 0 Å². The molecule has 27 heteroatoms. The molecule has 3 saturated heterocycles. The Morgan fingerprint density at radius 2 is 1.72 bits per heavy atom. The van der Waals surface area contributed by atoms with Gasteiger partial charge in [-0.15, -0.1) is 5.10 Å². The van der Waals surface area contributed by atoms with Crippen molar-refractivity contribution in [3.8, 4) is 0 Å². The second-order valence-electron chi connectivity index (χ2n) is 9.81. The minimum Gasteiger partial charge on any atom is -0.756 e. The number of rotatable bonds is 2. The van der Waals surface area contributed by atoms with Gasteiger partial charge < -0.3 is 53.9 Å². The summed E-state index contributed by atoms with van der Waals surface area (Å²) in [5.74, 6) is -0.195. The maximum absolute atomic E-state index is 13.0. The summed E-state index contributed by atoms with van der Waals surface area (Å²) in [6, 6.07) is 0. The number of hydrogen-bond donors (Lipinski definition) is 4. The van der Waals surface area contributed by atoms with Crippen molar-refractivity contribution in [1.29, 1.82) is 0 Å². The number of nitrogen functional groups attached to an aromatic ring is 2. The number of nitrogens with one attached hydrogen (secondary N) is 1. The molecule has 2 bridgehead atoms. The van der Waals surface area contributed by atoms with Crippen LogP contribution in [0.25, 0.3) is 22.2 Å². The SMILES string of the molecule is Nc1nc2c(nnn2[C@@H]2O[C@@H]3COP(=O)([O-])O[C@H]4C[C@H](c5snc6c(N)ncnc56)O[C@@H]4COP(=O)([O-])O[C@@H]2[C@@H]3O)c(=O)[nH]1.[Na+].[Na+]. The van der Waals surface area contributed by atoms with Gasteiger partial charge in [-0.1, -0.05) is 5.21 Å². The van der Waals surface area contributed by atoms with Gasteiger partial charge in [0.15, 0.2) is 23.2 Å². The predicted octanol–water partition coefficient (Wildman–Crippen LogP) is -8.37. The van der Waals surface area contributed by atoms with E-state index in [1.807, 2.05) is 0 Å². The Hall–Kier alpha value is -1.05. The quantitative estimate of drug-likeness (QED) is 0.110. The number of H-pyrrole nitrogens is 1. The topological polar surface area (TPSA) is 323 Å². The molecule has 9 atom stereocenters. The minimum atomic E-state index is -5.30. The number of aliphatic hydroxyl groups is 1. The molecule has 3 aliphatic heterocycles. The minimum absolute atomic E-state index is 0. The molecule has 236 valence electrons. The van der Waals surface area contributed by atoms with Gasteiger partial charge in [0, 0.05) is 6.42 Å². The molecule has 6 N–H and O–H groups in total. The number of phosphoric acid groups is 2. The number of aromatic nitrogens is 8. The van der Waals surface area contributed by atoms with Crippen LogP contribution >= 0.6 is 27.2 Å². The third-order valence-corrected chi connectivity index (χ3v) is 9.92. The van der Waals surface area contributed by atoms with E-state index in [2.05, 4.69) is 34.6 Å². The van der Waals surface area contributed by atoms with Crippen molar-refractivity contribution in [3.63, 3.8) is 0 Å². The van der Waals surface area contributed by atoms with Gasteiger partial charge in [-0.3, -0.25) is 18.9 Å². The van der Waals surface area contributed by atoms with Crippen molar-refractivity contribution < 1.29 is 111 Å². The Bertz CT molecular complexity index is 1920. The number of hydrogen-bond acceptors (Lipinski definition) is 21. The normalized spacial score (nSPS) is 35.0. The van der Waals surface area contributed by atoms with E-state index in [4.69, 9.17) is 39.0 Å². The van der Waals surface area contributed by atoms with E-state index in [1.54, 1.807) is 0 Å². The molecule has 7 rings (SSSR count). The number of anilines is 2. The molecule has 0 saturated carbocycles. The first-order chi connectivity index (χ1) is 20.9. The largest absolute Gasteiger partial charge is 1.00 e. The predicted molar refractivity (Wildman–Crippen MR) is 139 cm³/mol. The fourth-order valence-electron chi connectivity index (χ4n) is 5.06. The van der Waals surface area contributed by atoms with Gasteiger partial charge in [0.25, 0.3) is 21.2 Å². The van der Waals surface area contributed by atoms with Crippen LogP contribution in [0.3, 0.4) is 0 Å². The van der Waals surface area contributed by atoms with E-state index in [0.717, 1.165) is 16.2 Å². The fraction of sp³-hybridized carbons (Fsp3) is 0.526. The van der Waals surface area contributed by atoms with Crippen LogP contribution in [0.2, 0.25) is 0 Å². The molecular formula is C19H20N10Na2O12P2S. The Morgan fingerprint density at radius 3 is 2.48 bits per heavy atom. The maximum Gasteiger partial charge on any atom is 1.00 e. The molecular weight excluding hydrogens is 700 g/mol. The van der Waals surface area contributed by atoms with Gasteiger partial charge >= 0.3 is 59.1 Å². The van der Waals surface area contributed by atoms with Crippen LogP contribution in [0.4, 0.5) is 11.8 Å². The third kappa shape index (κ3) is 6.86. The molecule has 3 aliphatic rings. The molecule has 46 heavy (non-hydrogen) atoms. The van der Waals surface area contributed by atoms with E-state index in [0.29, 0.717) is 15.9 Å². The van der Waals surface area contributed by atoms with E-state index in [9.17, 15) is 28.8 Å². The summed E-state index contributed by atoms with van der Waals surface area (Å²) in [5.41, 5.74) is 10.9. The average molecular weight is 720 g/mol. The second-order valence-corrected chi connectivity index (χ2v) is 13.3. The fourth-order valence-corrected chi connectivity index (χ4v) is 7.79. The number of nitrogens with zero attached hydrogens (tertiary/aromatic N) is 7. The Balaban J connectivity index is 0.00000208. The molecule has 0 aliphatic carbocycles. The van der Waals surface area contributed by atoms with Crippen molar-refractivity contribution in [2.45, 2.75) is 49.3 Å². The van der Waals surface area contributed by atoms with Gasteiger partial charge in [0.05, 0.1) is 30.3 Å². The monoisotopic (exact) mass is 720 g/mol. The second kappa shape index (κ2) is 13.7. The zero-order valence-electron chi connectivity index (χ0n) is 23.8. The van der Waals surface area contributed by atoms with Gasteiger partial charge in [-0.2, -0.15) is 14.0 Å². The third-order valence-electron chi connectivity index (χ3n) is 7.03. The summed E-state index contributed by atoms with van der Waals surface area (Å²) < 4.78 is 63.2. The number of ether oxygens (including phenoxy) is 2. The number of phosphoric ester groups is 2. The van der Waals surface area contributed by atoms with Gasteiger partial charge in [0.1, 0.15) is 41.8 Å². The summed E-state index contributed by atoms with van der Waals surface area (Å²) in [6.07, 6.45) is -8.98. The smallest absolute Gasteiger partial charge is 0.756 e. The number of nitrogens with two attached hydrogens (primary N) is 2. The molecule has 0 aromatic carbocycles. The molecule has 7 heterocycles. The van der Waals surface area contributed by atoms with Gasteiger partial charge in [-0.25, -0.2) is 9.97 Å². The van der Waals surface area contributed by atoms with Crippen LogP contribution in [0.1, 0.15) is 23.6 Å². The summed E-state index contributed by atoms with van der Waals surface area (Å²) >= 11 is 0.992. The summed E-state index contributed by atoms with van der Waals surface area (Å²) in [7, 11) is -10.4. The van der Waals surface area contributed by atoms with Crippen LogP contribution in [0.5, 0.6) is 0 Å². The standard InChI is InChI=1S/C19H22N10O12P2S.2Na/c20-15-10-9(22-4-23-15)14(44-27-10)6-1-5-7(38-6)2-36-43(34,35)41-13-12(30)8(3-37-42(32,33)40-5)39-18(13)29-16-11(26-28-29)17(31)25-19(21)24-16;;/h4-8,12-13,18,30H,1-3H2,(H,32,33)(H,34,35)(H2,20,22,23)(H3,21,24,25,31);;/q;2*+1/p-2/t5-,6+,7+,8+,12+,13+,18+;;/m0../s1. The zero-order valence-corrected chi connectivity index (χ0v) is 30.4. The number of aromatic amines is 1. The van der Waals surface area contributed by atoms with Crippen molar-refractivity contribution in [1.82, 2.24) is 39.3 Å². The first kappa shape index (κ1) is 36.2. The molecule has 0 spiro atoms. The number of aliphatic hydroxyl groups excluding tert-OH is 1. The first-order valence-electron chi connectivity index (χ1n) is 12.6. The van der Waals surface area contributed by atoms with E-state index in [-0.39, 0.29) is 88.5 Å². The maximum atomic E-state index is 13.0. The molecule has 22 nitrogen and oxygen atoms in total. The molecule has 2 unspecified atom stereocenters. The van der Waals surface area contributed by atoms with Crippen LogP contribution in [0, 0.1) is 0 Å². The van der Waals surface area contributed by atoms with Crippen LogP contribution in [0.15, 0.2) is 11.1 Å². The Kier molecular flexibility index (Phi) is 10.8. The summed E-state index contributed by atoms with van der Waals surface area (Å²) in [5, 5.41) is 18.4. The summed E-state index contributed by atoms with van der Waals surface area (Å²) in [6.45, 7) is -1.59. The van der Waals surface area contributed by atoms with Crippen molar-refractivity contribution in [2.75, 3.05) is 24.7 Å². The zero-order chi connectivity index (χ0) is 31.0. The molecule has 3 fully saturated rings. The number of fused-ring (bicyclic) bond motifs is 5. The van der Waals surface area contributed by atoms with E-state index in [1.165, 1.54) is 6.33 Å². The van der Waals surface area contributed by atoms with E-state index >= 15 is 0 Å². The van der Waals surface area contributed by atoms with Crippen LogP contribution in [-0.4, -0.2) is 88.1 Å². The average Bonchev–Trinajstić information content (AvgIpc) is 3.72. The van der Waals surface area contributed by atoms with Crippen molar-refractivity contribution in [3.05, 3.63) is 21.6 Å². The van der Waals surface area contributed by atoms with Crippen LogP contribution in [-0.2, 0) is 36.7 Å². The van der Waals surface area contributed by atoms with Crippen molar-refractivity contribution >= 4 is 61.1 Å². The van der Waals surface area contributed by atoms with Gasteiger partial charge in [0.2, 0.25) is 5.95 Å². The molecule has 4 aromatic rings. The Labute approximate surface area is 304 Å². The molecule has 0 radical (unpaired) electrons.